The van der Waals surface area contributed by atoms with Crippen molar-refractivity contribution < 1.29 is 19.5 Å². The molecule has 212 valence electrons. The third-order valence-electron chi connectivity index (χ3n) is 6.79. The van der Waals surface area contributed by atoms with Crippen molar-refractivity contribution in [2.45, 2.75) is 31.3 Å². The number of nitrogens with one attached hydrogen (secondary N) is 4. The van der Waals surface area contributed by atoms with Crippen LogP contribution in [-0.2, 0) is 20.9 Å². The van der Waals surface area contributed by atoms with Gasteiger partial charge in [-0.25, -0.2) is 0 Å². The smallest absolute Gasteiger partial charge is 0.323 e. The molecular formula is C31H34N6O4. The van der Waals surface area contributed by atoms with Crippen molar-refractivity contribution in [3.05, 3.63) is 108 Å². The number of carbonyl (C=O) groups is 3. The number of hydrogen-bond acceptors (Lipinski definition) is 5. The van der Waals surface area contributed by atoms with E-state index >= 15 is 0 Å². The van der Waals surface area contributed by atoms with Crippen LogP contribution in [-0.4, -0.2) is 57.9 Å². The molecule has 0 radical (unpaired) electrons. The van der Waals surface area contributed by atoms with Gasteiger partial charge in [0.1, 0.15) is 6.54 Å². The molecule has 4 aromatic rings. The summed E-state index contributed by atoms with van der Waals surface area (Å²) in [4.78, 5) is 44.0. The van der Waals surface area contributed by atoms with Crippen molar-refractivity contribution in [2.24, 2.45) is 5.73 Å². The Kier molecular flexibility index (Phi) is 9.85. The highest BCUT2D eigenvalue weighted by Crippen LogP contribution is 2.27. The first kappa shape index (κ1) is 29.0. The fourth-order valence-corrected chi connectivity index (χ4v) is 4.81. The number of carbonyl (C=O) groups excluding carboxylic acids is 2. The maximum atomic E-state index is 14.1. The Morgan fingerprint density at radius 2 is 1.59 bits per heavy atom. The fourth-order valence-electron chi connectivity index (χ4n) is 4.81. The molecule has 1 atom stereocenters. The van der Waals surface area contributed by atoms with Crippen LogP contribution in [0.25, 0.3) is 10.9 Å². The maximum absolute atomic E-state index is 14.1. The zero-order chi connectivity index (χ0) is 29.2. The molecule has 0 bridgehead atoms. The van der Waals surface area contributed by atoms with Gasteiger partial charge in [-0.15, -0.1) is 0 Å². The molecule has 0 saturated carbocycles. The molecule has 10 heteroatoms. The molecule has 1 heterocycles. The van der Waals surface area contributed by atoms with E-state index in [0.29, 0.717) is 30.6 Å². The Morgan fingerprint density at radius 1 is 0.927 bits per heavy atom. The quantitative estimate of drug-likeness (QED) is 0.0839. The third kappa shape index (κ3) is 7.80. The summed E-state index contributed by atoms with van der Waals surface area (Å²) < 4.78 is 0. The number of carboxylic acids is 1. The van der Waals surface area contributed by atoms with Crippen molar-refractivity contribution in [1.29, 1.82) is 5.41 Å². The van der Waals surface area contributed by atoms with Crippen molar-refractivity contribution in [3.63, 3.8) is 0 Å². The van der Waals surface area contributed by atoms with E-state index in [0.717, 1.165) is 21.4 Å². The van der Waals surface area contributed by atoms with E-state index < -0.39 is 36.3 Å². The van der Waals surface area contributed by atoms with E-state index in [2.05, 4.69) is 15.6 Å². The summed E-state index contributed by atoms with van der Waals surface area (Å²) in [6, 6.07) is 25.0. The fraction of sp³-hybridized carbons (Fsp3) is 0.226. The second-order valence-corrected chi connectivity index (χ2v) is 9.73. The molecule has 0 aliphatic heterocycles. The van der Waals surface area contributed by atoms with Crippen molar-refractivity contribution >= 4 is 34.6 Å². The van der Waals surface area contributed by atoms with Crippen LogP contribution in [0.5, 0.6) is 0 Å². The van der Waals surface area contributed by atoms with Crippen LogP contribution >= 0.6 is 0 Å². The van der Waals surface area contributed by atoms with Crippen LogP contribution in [0, 0.1) is 5.41 Å². The lowest BCUT2D eigenvalue weighted by atomic mass is 9.89. The molecule has 0 unspecified atom stereocenters. The van der Waals surface area contributed by atoms with Gasteiger partial charge in [0.15, 0.2) is 5.96 Å². The van der Waals surface area contributed by atoms with Gasteiger partial charge in [-0.3, -0.25) is 24.7 Å². The minimum absolute atomic E-state index is 0.183. The van der Waals surface area contributed by atoms with E-state index in [1.165, 1.54) is 0 Å². The van der Waals surface area contributed by atoms with Crippen LogP contribution in [0.1, 0.15) is 35.4 Å². The molecule has 2 amide bonds. The Morgan fingerprint density at radius 3 is 2.20 bits per heavy atom. The van der Waals surface area contributed by atoms with Gasteiger partial charge in [0.2, 0.25) is 11.8 Å². The van der Waals surface area contributed by atoms with Crippen molar-refractivity contribution in [2.75, 3.05) is 13.1 Å². The number of benzene rings is 3. The number of nitrogens with zero attached hydrogens (tertiary/aromatic N) is 1. The van der Waals surface area contributed by atoms with E-state index in [1.54, 1.807) is 48.5 Å². The topological polar surface area (TPSA) is 164 Å². The summed E-state index contributed by atoms with van der Waals surface area (Å²) in [6.45, 7) is -0.0970. The summed E-state index contributed by atoms with van der Waals surface area (Å²) in [5.74, 6) is -3.58. The first-order valence-corrected chi connectivity index (χ1v) is 13.4. The molecule has 10 nitrogen and oxygen atoms in total. The zero-order valence-corrected chi connectivity index (χ0v) is 22.5. The number of aromatic amines is 1. The molecule has 0 aliphatic carbocycles. The molecule has 3 aromatic carbocycles. The van der Waals surface area contributed by atoms with Gasteiger partial charge in [-0.1, -0.05) is 66.7 Å². The van der Waals surface area contributed by atoms with Crippen LogP contribution < -0.4 is 16.4 Å². The van der Waals surface area contributed by atoms with Gasteiger partial charge >= 0.3 is 5.97 Å². The van der Waals surface area contributed by atoms with E-state index in [1.807, 2.05) is 42.6 Å². The second-order valence-electron chi connectivity index (χ2n) is 9.73. The largest absolute Gasteiger partial charge is 0.480 e. The number of nitrogens with two attached hydrogens (primary N) is 1. The average molecular weight is 555 g/mol. The first-order chi connectivity index (χ1) is 19.8. The number of carboxylic acid groups (broad SMARTS) is 1. The summed E-state index contributed by atoms with van der Waals surface area (Å²) in [6.07, 6.45) is 2.59. The number of H-pyrrole nitrogens is 1. The zero-order valence-electron chi connectivity index (χ0n) is 22.5. The normalized spacial score (nSPS) is 11.7. The Hall–Kier alpha value is -4.96. The molecule has 0 fully saturated rings. The van der Waals surface area contributed by atoms with Gasteiger partial charge in [0, 0.05) is 24.8 Å². The van der Waals surface area contributed by atoms with E-state index in [9.17, 15) is 19.5 Å². The van der Waals surface area contributed by atoms with E-state index in [-0.39, 0.29) is 12.4 Å². The number of guanidine groups is 1. The van der Waals surface area contributed by atoms with Gasteiger partial charge in [-0.05, 0) is 53.1 Å². The molecule has 1 aromatic heterocycles. The number of hydrogen-bond donors (Lipinski definition) is 6. The highest BCUT2D eigenvalue weighted by molar-refractivity contribution is 6.04. The van der Waals surface area contributed by atoms with Crippen molar-refractivity contribution in [3.8, 4) is 0 Å². The molecule has 41 heavy (non-hydrogen) atoms. The highest BCUT2D eigenvalue weighted by Gasteiger charge is 2.35. The van der Waals surface area contributed by atoms with Gasteiger partial charge < -0.3 is 26.5 Å². The lowest BCUT2D eigenvalue weighted by Gasteiger charge is -2.29. The molecule has 0 aliphatic rings. The number of fused-ring (bicyclic) bond motifs is 1. The number of rotatable bonds is 13. The molecule has 7 N–H and O–H groups in total. The van der Waals surface area contributed by atoms with Crippen LogP contribution in [0.3, 0.4) is 0 Å². The molecular weight excluding hydrogens is 520 g/mol. The average Bonchev–Trinajstić information content (AvgIpc) is 3.44. The Bertz CT molecular complexity index is 1450. The minimum atomic E-state index is -1.29. The number of aromatic nitrogens is 1. The highest BCUT2D eigenvalue weighted by atomic mass is 16.4. The number of amides is 2. The molecule has 0 saturated heterocycles. The lowest BCUT2D eigenvalue weighted by Crippen LogP contribution is -2.52. The molecule has 4 rings (SSSR count). The van der Waals surface area contributed by atoms with Gasteiger partial charge in [0.25, 0.3) is 0 Å². The van der Waals surface area contributed by atoms with E-state index in [4.69, 9.17) is 11.1 Å². The summed E-state index contributed by atoms with van der Waals surface area (Å²) in [5, 5.41) is 24.1. The maximum Gasteiger partial charge on any atom is 0.323 e. The predicted molar refractivity (Wildman–Crippen MR) is 157 cm³/mol. The number of aliphatic carboxylic acids is 1. The summed E-state index contributed by atoms with van der Waals surface area (Å²) >= 11 is 0. The van der Waals surface area contributed by atoms with Crippen LogP contribution in [0.4, 0.5) is 0 Å². The Labute approximate surface area is 238 Å². The monoisotopic (exact) mass is 554 g/mol. The Balaban J connectivity index is 1.62. The van der Waals surface area contributed by atoms with Crippen molar-refractivity contribution in [1.82, 2.24) is 20.5 Å². The lowest BCUT2D eigenvalue weighted by molar-refractivity contribution is -0.154. The summed E-state index contributed by atoms with van der Waals surface area (Å²) in [7, 11) is 0. The second kappa shape index (κ2) is 13.9. The first-order valence-electron chi connectivity index (χ1n) is 13.4. The van der Waals surface area contributed by atoms with Gasteiger partial charge in [-0.2, -0.15) is 0 Å². The number of imide groups is 1. The minimum Gasteiger partial charge on any atom is -0.480 e. The summed E-state index contributed by atoms with van der Waals surface area (Å²) in [5.41, 5.74) is 8.62. The van der Waals surface area contributed by atoms with Crippen LogP contribution in [0.2, 0.25) is 0 Å². The van der Waals surface area contributed by atoms with Crippen LogP contribution in [0.15, 0.2) is 91.1 Å². The standard InChI is InChI=1S/C31H34N6O4/c32-31(33)35-16-7-12-26(36-19-21-13-14-25-24(18-21)15-17-34-25)29(40)37(20-27(38)39)30(41)28(22-8-3-1-4-9-22)23-10-5-2-6-11-23/h1-6,8-11,13-15,17-18,26,28,34,36H,7,12,16,19-20H2,(H,38,39)(H4,32,33,35)/t26-/m0/s1. The third-order valence-corrected chi connectivity index (χ3v) is 6.79. The SMILES string of the molecule is N=C(N)NCCC[C@H](NCc1ccc2[nH]ccc2c1)C(=O)N(CC(=O)O)C(=O)C(c1ccccc1)c1ccccc1. The molecule has 0 spiro atoms. The predicted octanol–water partition coefficient (Wildman–Crippen LogP) is 3.16. The van der Waals surface area contributed by atoms with Gasteiger partial charge in [0.05, 0.1) is 12.0 Å².